The summed E-state index contributed by atoms with van der Waals surface area (Å²) in [5, 5.41) is 2.78. The summed E-state index contributed by atoms with van der Waals surface area (Å²) >= 11 is 0. The number of rotatable bonds is 8. The summed E-state index contributed by atoms with van der Waals surface area (Å²) in [7, 11) is 1.78. The normalized spacial score (nSPS) is 10.6. The Bertz CT molecular complexity index is 619. The largest absolute Gasteiger partial charge is 0.492 e. The summed E-state index contributed by atoms with van der Waals surface area (Å²) in [6, 6.07) is 16.0. The first-order valence-electron chi connectivity index (χ1n) is 7.51. The fourth-order valence-electron chi connectivity index (χ4n) is 2.15. The summed E-state index contributed by atoms with van der Waals surface area (Å²) in [5.74, 6) is 0.412. The van der Waals surface area contributed by atoms with Gasteiger partial charge in [-0.3, -0.25) is 9.69 Å². The number of carbonyl (C=O) groups excluding carboxylic acids is 1. The van der Waals surface area contributed by atoms with Gasteiger partial charge in [0.2, 0.25) is 5.91 Å². The minimum absolute atomic E-state index is 0.111. The van der Waals surface area contributed by atoms with Crippen molar-refractivity contribution in [3.63, 3.8) is 0 Å². The van der Waals surface area contributed by atoms with Crippen LogP contribution in [-0.4, -0.2) is 37.6 Å². The van der Waals surface area contributed by atoms with Crippen LogP contribution >= 0.6 is 0 Å². The number of halogens is 1. The monoisotopic (exact) mass is 316 g/mol. The van der Waals surface area contributed by atoms with Crippen LogP contribution in [0.5, 0.6) is 5.75 Å². The number of para-hydroxylation sites is 1. The maximum absolute atomic E-state index is 13.6. The third kappa shape index (κ3) is 6.08. The molecule has 2 aromatic carbocycles. The third-order valence-corrected chi connectivity index (χ3v) is 3.25. The number of hydrogen-bond acceptors (Lipinski definition) is 3. The zero-order valence-electron chi connectivity index (χ0n) is 13.2. The van der Waals surface area contributed by atoms with E-state index in [-0.39, 0.29) is 18.3 Å². The number of nitrogens with one attached hydrogen (secondary N) is 1. The number of hydrogen-bond donors (Lipinski definition) is 1. The lowest BCUT2D eigenvalue weighted by Gasteiger charge is -2.16. The quantitative estimate of drug-likeness (QED) is 0.761. The molecule has 0 fully saturated rings. The van der Waals surface area contributed by atoms with E-state index in [2.05, 4.69) is 5.32 Å². The molecule has 0 spiro atoms. The molecule has 2 aromatic rings. The van der Waals surface area contributed by atoms with Crippen molar-refractivity contribution in [2.75, 3.05) is 26.7 Å². The van der Waals surface area contributed by atoms with Crippen LogP contribution in [0.15, 0.2) is 54.6 Å². The number of benzene rings is 2. The second kappa shape index (κ2) is 8.90. The average Bonchev–Trinajstić information content (AvgIpc) is 2.55. The van der Waals surface area contributed by atoms with Gasteiger partial charge < -0.3 is 10.1 Å². The topological polar surface area (TPSA) is 41.6 Å². The van der Waals surface area contributed by atoms with E-state index in [1.807, 2.05) is 30.3 Å². The van der Waals surface area contributed by atoms with E-state index in [1.165, 1.54) is 6.07 Å². The summed E-state index contributed by atoms with van der Waals surface area (Å²) in [5.41, 5.74) is 0.579. The number of carbonyl (C=O) groups is 1. The minimum Gasteiger partial charge on any atom is -0.492 e. The first-order valence-corrected chi connectivity index (χ1v) is 7.51. The van der Waals surface area contributed by atoms with E-state index >= 15 is 0 Å². The fraction of sp³-hybridized carbons (Fsp3) is 0.278. The summed E-state index contributed by atoms with van der Waals surface area (Å²) in [4.78, 5) is 13.6. The van der Waals surface area contributed by atoms with Crippen molar-refractivity contribution in [1.82, 2.24) is 10.2 Å². The summed E-state index contributed by atoms with van der Waals surface area (Å²) in [6.45, 7) is 1.44. The van der Waals surface area contributed by atoms with Gasteiger partial charge in [0.1, 0.15) is 18.2 Å². The van der Waals surface area contributed by atoms with Gasteiger partial charge in [-0.15, -0.1) is 0 Å². The second-order valence-electron chi connectivity index (χ2n) is 5.28. The van der Waals surface area contributed by atoms with Crippen molar-refractivity contribution >= 4 is 5.91 Å². The van der Waals surface area contributed by atoms with Gasteiger partial charge in [-0.1, -0.05) is 36.4 Å². The zero-order valence-corrected chi connectivity index (χ0v) is 13.2. The molecular formula is C18H21FN2O2. The smallest absolute Gasteiger partial charge is 0.234 e. The lowest BCUT2D eigenvalue weighted by atomic mass is 10.2. The molecule has 23 heavy (non-hydrogen) atoms. The molecule has 0 saturated carbocycles. The molecule has 0 aromatic heterocycles. The number of nitrogens with zero attached hydrogens (tertiary/aromatic N) is 1. The highest BCUT2D eigenvalue weighted by atomic mass is 19.1. The summed E-state index contributed by atoms with van der Waals surface area (Å²) < 4.78 is 19.0. The molecule has 0 radical (unpaired) electrons. The summed E-state index contributed by atoms with van der Waals surface area (Å²) in [6.07, 6.45) is 0. The Labute approximate surface area is 135 Å². The molecule has 0 aliphatic carbocycles. The molecule has 0 aliphatic rings. The maximum atomic E-state index is 13.6. The van der Waals surface area contributed by atoms with E-state index < -0.39 is 0 Å². The molecule has 0 atom stereocenters. The molecule has 0 heterocycles. The molecule has 1 amide bonds. The minimum atomic E-state index is -0.254. The van der Waals surface area contributed by atoms with Gasteiger partial charge in [0.05, 0.1) is 13.1 Å². The number of amides is 1. The Balaban J connectivity index is 1.65. The Morgan fingerprint density at radius 2 is 1.83 bits per heavy atom. The third-order valence-electron chi connectivity index (χ3n) is 3.25. The Morgan fingerprint density at radius 1 is 1.13 bits per heavy atom. The number of likely N-dealkylation sites (N-methyl/N-ethyl adjacent to an activating group) is 1. The first kappa shape index (κ1) is 17.0. The van der Waals surface area contributed by atoms with Crippen molar-refractivity contribution in [1.29, 1.82) is 0 Å². The molecular weight excluding hydrogens is 295 g/mol. The lowest BCUT2D eigenvalue weighted by molar-refractivity contribution is -0.122. The maximum Gasteiger partial charge on any atom is 0.234 e. The molecule has 122 valence electrons. The van der Waals surface area contributed by atoms with Crippen molar-refractivity contribution in [2.45, 2.75) is 6.54 Å². The van der Waals surface area contributed by atoms with Crippen LogP contribution in [-0.2, 0) is 11.3 Å². The van der Waals surface area contributed by atoms with Crippen molar-refractivity contribution < 1.29 is 13.9 Å². The molecule has 1 N–H and O–H groups in total. The molecule has 2 rings (SSSR count). The van der Waals surface area contributed by atoms with Crippen LogP contribution in [0, 0.1) is 5.82 Å². The SMILES string of the molecule is CN(CC(=O)NCCOc1ccccc1)Cc1ccccc1F. The Hall–Kier alpha value is -2.40. The van der Waals surface area contributed by atoms with E-state index in [0.717, 1.165) is 5.75 Å². The van der Waals surface area contributed by atoms with E-state index in [1.54, 1.807) is 30.1 Å². The molecule has 5 heteroatoms. The predicted octanol–water partition coefficient (Wildman–Crippen LogP) is 2.45. The number of ether oxygens (including phenoxy) is 1. The van der Waals surface area contributed by atoms with Gasteiger partial charge in [0.15, 0.2) is 0 Å². The van der Waals surface area contributed by atoms with Crippen molar-refractivity contribution in [3.05, 3.63) is 66.0 Å². The molecule has 4 nitrogen and oxygen atoms in total. The van der Waals surface area contributed by atoms with Gasteiger partial charge in [0.25, 0.3) is 0 Å². The van der Waals surface area contributed by atoms with Gasteiger partial charge >= 0.3 is 0 Å². The van der Waals surface area contributed by atoms with E-state index in [9.17, 15) is 9.18 Å². The second-order valence-corrected chi connectivity index (χ2v) is 5.28. The molecule has 0 aliphatic heterocycles. The van der Waals surface area contributed by atoms with Crippen LogP contribution in [0.3, 0.4) is 0 Å². The standard InChI is InChI=1S/C18H21FN2O2/c1-21(13-15-7-5-6-10-17(15)19)14-18(22)20-11-12-23-16-8-3-2-4-9-16/h2-10H,11-14H2,1H3,(H,20,22). The first-order chi connectivity index (χ1) is 11.1. The highest BCUT2D eigenvalue weighted by Gasteiger charge is 2.09. The van der Waals surface area contributed by atoms with Crippen LogP contribution in [0.1, 0.15) is 5.56 Å². The van der Waals surface area contributed by atoms with Crippen LogP contribution < -0.4 is 10.1 Å². The van der Waals surface area contributed by atoms with Crippen LogP contribution in [0.2, 0.25) is 0 Å². The van der Waals surface area contributed by atoms with Gasteiger partial charge in [-0.2, -0.15) is 0 Å². The van der Waals surface area contributed by atoms with E-state index in [4.69, 9.17) is 4.74 Å². The predicted molar refractivity (Wildman–Crippen MR) is 87.7 cm³/mol. The molecule has 0 unspecified atom stereocenters. The highest BCUT2D eigenvalue weighted by Crippen LogP contribution is 2.09. The average molecular weight is 316 g/mol. The molecule has 0 saturated heterocycles. The van der Waals surface area contributed by atoms with Crippen LogP contribution in [0.4, 0.5) is 4.39 Å². The molecule has 0 bridgehead atoms. The van der Waals surface area contributed by atoms with Crippen LogP contribution in [0.25, 0.3) is 0 Å². The Kier molecular flexibility index (Phi) is 6.56. The van der Waals surface area contributed by atoms with Crippen molar-refractivity contribution in [3.8, 4) is 5.75 Å². The fourth-order valence-corrected chi connectivity index (χ4v) is 2.15. The van der Waals surface area contributed by atoms with Gasteiger partial charge in [-0.25, -0.2) is 4.39 Å². The lowest BCUT2D eigenvalue weighted by Crippen LogP contribution is -2.36. The zero-order chi connectivity index (χ0) is 16.5. The van der Waals surface area contributed by atoms with Crippen molar-refractivity contribution in [2.24, 2.45) is 0 Å². The Morgan fingerprint density at radius 3 is 2.57 bits per heavy atom. The van der Waals surface area contributed by atoms with E-state index in [0.29, 0.717) is 25.3 Å². The van der Waals surface area contributed by atoms with Gasteiger partial charge in [0, 0.05) is 12.1 Å². The highest BCUT2D eigenvalue weighted by molar-refractivity contribution is 5.77. The van der Waals surface area contributed by atoms with Gasteiger partial charge in [-0.05, 0) is 25.2 Å².